The van der Waals surface area contributed by atoms with Gasteiger partial charge in [0.2, 0.25) is 9.84 Å². The van der Waals surface area contributed by atoms with Crippen molar-refractivity contribution in [1.82, 2.24) is 4.98 Å². The van der Waals surface area contributed by atoms with Crippen LogP contribution in [0, 0.1) is 24.5 Å². The minimum Gasteiger partial charge on any atom is -0.370 e. The topological polar surface area (TPSA) is 50.3 Å². The number of pyridine rings is 1. The minimum atomic E-state index is -4.17. The van der Waals surface area contributed by atoms with Crippen molar-refractivity contribution in [1.29, 1.82) is 0 Å². The Bertz CT molecular complexity index is 1170. The third-order valence-electron chi connectivity index (χ3n) is 5.50. The Labute approximate surface area is 169 Å². The summed E-state index contributed by atoms with van der Waals surface area (Å²) in [6.45, 7) is 5.55. The Kier molecular flexibility index (Phi) is 5.02. The average molecular weight is 416 g/mol. The number of sulfone groups is 1. The van der Waals surface area contributed by atoms with E-state index in [0.29, 0.717) is 36.3 Å². The van der Waals surface area contributed by atoms with Crippen LogP contribution in [-0.2, 0) is 9.84 Å². The highest BCUT2D eigenvalue weighted by molar-refractivity contribution is 7.91. The average Bonchev–Trinajstić information content (AvgIpc) is 2.67. The maximum atomic E-state index is 13.7. The second-order valence-corrected chi connectivity index (χ2v) is 9.69. The number of fused-ring (bicyclic) bond motifs is 1. The van der Waals surface area contributed by atoms with E-state index in [1.165, 1.54) is 6.20 Å². The van der Waals surface area contributed by atoms with Crippen LogP contribution in [0.15, 0.2) is 52.4 Å². The molecule has 2 heterocycles. The van der Waals surface area contributed by atoms with Gasteiger partial charge in [0, 0.05) is 30.7 Å². The van der Waals surface area contributed by atoms with E-state index in [1.807, 2.05) is 25.1 Å². The maximum absolute atomic E-state index is 13.7. The highest BCUT2D eigenvalue weighted by Gasteiger charge is 2.29. The van der Waals surface area contributed by atoms with Crippen molar-refractivity contribution in [3.63, 3.8) is 0 Å². The normalized spacial score (nSPS) is 15.8. The van der Waals surface area contributed by atoms with Gasteiger partial charge in [-0.3, -0.25) is 4.98 Å². The van der Waals surface area contributed by atoms with E-state index in [9.17, 15) is 17.2 Å². The van der Waals surface area contributed by atoms with Crippen LogP contribution in [0.4, 0.5) is 14.5 Å². The lowest BCUT2D eigenvalue weighted by molar-refractivity contribution is 0.437. The van der Waals surface area contributed by atoms with Crippen LogP contribution >= 0.6 is 0 Å². The van der Waals surface area contributed by atoms with Crippen molar-refractivity contribution in [3.05, 3.63) is 59.8 Å². The number of aryl methyl sites for hydroxylation is 1. The lowest BCUT2D eigenvalue weighted by Gasteiger charge is -2.34. The minimum absolute atomic E-state index is 0.0184. The molecule has 0 radical (unpaired) electrons. The van der Waals surface area contributed by atoms with E-state index >= 15 is 0 Å². The van der Waals surface area contributed by atoms with Crippen molar-refractivity contribution < 1.29 is 17.2 Å². The number of rotatable bonds is 3. The molecule has 0 N–H and O–H groups in total. The van der Waals surface area contributed by atoms with E-state index in [0.717, 1.165) is 35.9 Å². The van der Waals surface area contributed by atoms with Gasteiger partial charge < -0.3 is 4.90 Å². The smallest absolute Gasteiger partial charge is 0.210 e. The van der Waals surface area contributed by atoms with Crippen molar-refractivity contribution in [2.24, 2.45) is 5.92 Å². The van der Waals surface area contributed by atoms with Crippen LogP contribution in [0.25, 0.3) is 10.9 Å². The van der Waals surface area contributed by atoms with Crippen molar-refractivity contribution >= 4 is 26.4 Å². The van der Waals surface area contributed by atoms with E-state index in [2.05, 4.69) is 16.8 Å². The molecule has 0 amide bonds. The van der Waals surface area contributed by atoms with Crippen molar-refractivity contribution in [3.8, 4) is 0 Å². The molecule has 0 bridgehead atoms. The van der Waals surface area contributed by atoms with Crippen LogP contribution < -0.4 is 4.90 Å². The molecule has 0 spiro atoms. The zero-order valence-electron chi connectivity index (χ0n) is 16.3. The van der Waals surface area contributed by atoms with E-state index in [4.69, 9.17) is 0 Å². The third-order valence-corrected chi connectivity index (χ3v) is 7.23. The molecule has 1 aliphatic heterocycles. The predicted molar refractivity (Wildman–Crippen MR) is 109 cm³/mol. The van der Waals surface area contributed by atoms with Gasteiger partial charge in [-0.15, -0.1) is 0 Å². The Morgan fingerprint density at radius 3 is 2.34 bits per heavy atom. The van der Waals surface area contributed by atoms with Gasteiger partial charge in [0.05, 0.1) is 16.1 Å². The molecule has 1 aromatic heterocycles. The number of nitrogens with zero attached hydrogens (tertiary/aromatic N) is 2. The first-order chi connectivity index (χ1) is 13.8. The quantitative estimate of drug-likeness (QED) is 0.610. The summed E-state index contributed by atoms with van der Waals surface area (Å²) in [5.74, 6) is -1.29. The summed E-state index contributed by atoms with van der Waals surface area (Å²) in [5, 5.41) is 0.734. The van der Waals surface area contributed by atoms with Gasteiger partial charge in [0.25, 0.3) is 0 Å². The SMILES string of the molecule is Cc1ccc2ncc(S(=O)(=O)c3cc(F)cc(F)c3)c(N3CCC(C)CC3)c2c1. The first-order valence-electron chi connectivity index (χ1n) is 9.61. The molecular weight excluding hydrogens is 394 g/mol. The number of piperidine rings is 1. The summed E-state index contributed by atoms with van der Waals surface area (Å²) in [4.78, 5) is 5.97. The highest BCUT2D eigenvalue weighted by atomic mass is 32.2. The van der Waals surface area contributed by atoms with Gasteiger partial charge in [0.1, 0.15) is 16.5 Å². The molecule has 0 saturated carbocycles. The fourth-order valence-corrected chi connectivity index (χ4v) is 5.31. The molecule has 1 fully saturated rings. The monoisotopic (exact) mass is 416 g/mol. The first-order valence-corrected chi connectivity index (χ1v) is 11.1. The number of hydrogen-bond donors (Lipinski definition) is 0. The summed E-state index contributed by atoms with van der Waals surface area (Å²) in [6.07, 6.45) is 3.20. The fraction of sp³-hybridized carbons (Fsp3) is 0.318. The second-order valence-electron chi connectivity index (χ2n) is 7.77. The molecular formula is C22H22F2N2O2S. The van der Waals surface area contributed by atoms with E-state index in [-0.39, 0.29) is 4.90 Å². The van der Waals surface area contributed by atoms with Crippen LogP contribution in [0.5, 0.6) is 0 Å². The lowest BCUT2D eigenvalue weighted by atomic mass is 9.98. The summed E-state index contributed by atoms with van der Waals surface area (Å²) in [7, 11) is -4.17. The molecule has 3 aromatic rings. The molecule has 1 aliphatic rings. The first kappa shape index (κ1) is 19.8. The van der Waals surface area contributed by atoms with E-state index in [1.54, 1.807) is 0 Å². The highest BCUT2D eigenvalue weighted by Crippen LogP contribution is 2.38. The summed E-state index contributed by atoms with van der Waals surface area (Å²) < 4.78 is 54.3. The van der Waals surface area contributed by atoms with Gasteiger partial charge in [-0.1, -0.05) is 18.6 Å². The summed E-state index contributed by atoms with van der Waals surface area (Å²) in [6, 6.07) is 8.06. The van der Waals surface area contributed by atoms with Gasteiger partial charge in [-0.25, -0.2) is 17.2 Å². The van der Waals surface area contributed by atoms with Crippen LogP contribution in [-0.4, -0.2) is 26.5 Å². The van der Waals surface area contributed by atoms with E-state index < -0.39 is 26.4 Å². The maximum Gasteiger partial charge on any atom is 0.210 e. The lowest BCUT2D eigenvalue weighted by Crippen LogP contribution is -2.34. The fourth-order valence-electron chi connectivity index (χ4n) is 3.84. The summed E-state index contributed by atoms with van der Waals surface area (Å²) >= 11 is 0. The van der Waals surface area contributed by atoms with Gasteiger partial charge in [-0.2, -0.15) is 0 Å². The van der Waals surface area contributed by atoms with Crippen LogP contribution in [0.1, 0.15) is 25.3 Å². The van der Waals surface area contributed by atoms with Gasteiger partial charge in [-0.05, 0) is 49.9 Å². The number of hydrogen-bond acceptors (Lipinski definition) is 4. The predicted octanol–water partition coefficient (Wildman–Crippen LogP) is 4.89. The largest absolute Gasteiger partial charge is 0.370 e. The Hall–Kier alpha value is -2.54. The zero-order valence-corrected chi connectivity index (χ0v) is 17.1. The summed E-state index contributed by atoms with van der Waals surface area (Å²) in [5.41, 5.74) is 2.24. The molecule has 2 aromatic carbocycles. The second kappa shape index (κ2) is 7.37. The third kappa shape index (κ3) is 3.71. The van der Waals surface area contributed by atoms with Crippen LogP contribution in [0.3, 0.4) is 0 Å². The van der Waals surface area contributed by atoms with Crippen molar-refractivity contribution in [2.45, 2.75) is 36.5 Å². The standard InChI is InChI=1S/C22H22F2N2O2S/c1-14-5-7-26(8-6-14)22-19-9-15(2)3-4-20(19)25-13-21(22)29(27,28)18-11-16(23)10-17(24)12-18/h3-4,9-14H,5-8H2,1-2H3. The number of benzene rings is 2. The molecule has 29 heavy (non-hydrogen) atoms. The molecule has 152 valence electrons. The Balaban J connectivity index is 1.97. The number of halogens is 2. The number of anilines is 1. The van der Waals surface area contributed by atoms with Crippen LogP contribution in [0.2, 0.25) is 0 Å². The molecule has 0 unspecified atom stereocenters. The van der Waals surface area contributed by atoms with Gasteiger partial charge in [0.15, 0.2) is 0 Å². The molecule has 0 aliphatic carbocycles. The molecule has 0 atom stereocenters. The number of aromatic nitrogens is 1. The molecule has 1 saturated heterocycles. The van der Waals surface area contributed by atoms with Crippen molar-refractivity contribution in [2.75, 3.05) is 18.0 Å². The molecule has 4 nitrogen and oxygen atoms in total. The Morgan fingerprint density at radius 2 is 1.69 bits per heavy atom. The molecule has 7 heteroatoms. The Morgan fingerprint density at radius 1 is 1.03 bits per heavy atom. The molecule has 4 rings (SSSR count). The zero-order chi connectivity index (χ0) is 20.8. The van der Waals surface area contributed by atoms with Gasteiger partial charge >= 0.3 is 0 Å².